The van der Waals surface area contributed by atoms with Gasteiger partial charge >= 0.3 is 0 Å². The van der Waals surface area contributed by atoms with Crippen LogP contribution >= 0.6 is 0 Å². The predicted octanol–water partition coefficient (Wildman–Crippen LogP) is 1.80. The molecule has 0 unspecified atom stereocenters. The molecule has 0 aromatic heterocycles. The molecule has 19 heavy (non-hydrogen) atoms. The van der Waals surface area contributed by atoms with Gasteiger partial charge in [0.15, 0.2) is 0 Å². The van der Waals surface area contributed by atoms with Gasteiger partial charge in [-0.2, -0.15) is 0 Å². The van der Waals surface area contributed by atoms with E-state index in [0.717, 1.165) is 38.2 Å². The van der Waals surface area contributed by atoms with Gasteiger partial charge in [-0.15, -0.1) is 0 Å². The summed E-state index contributed by atoms with van der Waals surface area (Å²) >= 11 is 0. The Balaban J connectivity index is 1.95. The van der Waals surface area contributed by atoms with Gasteiger partial charge in [0.1, 0.15) is 6.29 Å². The minimum absolute atomic E-state index is 0.0680. The number of aldehydes is 1. The van der Waals surface area contributed by atoms with Gasteiger partial charge in [0.05, 0.1) is 0 Å². The van der Waals surface area contributed by atoms with E-state index in [9.17, 15) is 9.59 Å². The van der Waals surface area contributed by atoms with E-state index in [4.69, 9.17) is 0 Å². The molecule has 4 heteroatoms. The van der Waals surface area contributed by atoms with Gasteiger partial charge in [-0.3, -0.25) is 9.59 Å². The quantitative estimate of drug-likeness (QED) is 0.778. The Morgan fingerprint density at radius 2 is 1.68 bits per heavy atom. The highest BCUT2D eigenvalue weighted by Gasteiger charge is 2.22. The van der Waals surface area contributed by atoms with Crippen LogP contribution in [0.3, 0.4) is 0 Å². The first-order valence-corrected chi connectivity index (χ1v) is 6.71. The van der Waals surface area contributed by atoms with E-state index in [-0.39, 0.29) is 11.8 Å². The van der Waals surface area contributed by atoms with Gasteiger partial charge in [0, 0.05) is 43.3 Å². The largest absolute Gasteiger partial charge is 0.368 e. The third kappa shape index (κ3) is 3.13. The summed E-state index contributed by atoms with van der Waals surface area (Å²) in [4.78, 5) is 26.7. The minimum Gasteiger partial charge on any atom is -0.368 e. The molecule has 0 bridgehead atoms. The highest BCUT2D eigenvalue weighted by molar-refractivity contribution is 5.78. The van der Waals surface area contributed by atoms with E-state index in [0.29, 0.717) is 5.56 Å². The Bertz CT molecular complexity index is 446. The topological polar surface area (TPSA) is 40.6 Å². The molecule has 1 aromatic carbocycles. The van der Waals surface area contributed by atoms with Crippen LogP contribution in [0.1, 0.15) is 24.2 Å². The first-order chi connectivity index (χ1) is 9.11. The van der Waals surface area contributed by atoms with Crippen LogP contribution in [0.15, 0.2) is 24.3 Å². The molecule has 1 amide bonds. The zero-order valence-corrected chi connectivity index (χ0v) is 11.5. The maximum Gasteiger partial charge on any atom is 0.225 e. The number of rotatable bonds is 3. The van der Waals surface area contributed by atoms with Gasteiger partial charge < -0.3 is 9.80 Å². The average Bonchev–Trinajstić information content (AvgIpc) is 2.46. The second-order valence-electron chi connectivity index (χ2n) is 5.18. The van der Waals surface area contributed by atoms with Crippen molar-refractivity contribution in [3.63, 3.8) is 0 Å². The fourth-order valence-electron chi connectivity index (χ4n) is 2.31. The van der Waals surface area contributed by atoms with E-state index in [1.54, 1.807) is 0 Å². The maximum absolute atomic E-state index is 11.9. The second kappa shape index (κ2) is 5.87. The van der Waals surface area contributed by atoms with Crippen LogP contribution in [0.5, 0.6) is 0 Å². The number of benzene rings is 1. The van der Waals surface area contributed by atoms with Crippen LogP contribution in [0.2, 0.25) is 0 Å². The molecule has 0 radical (unpaired) electrons. The third-order valence-electron chi connectivity index (χ3n) is 3.48. The minimum atomic E-state index is 0.0680. The number of anilines is 1. The van der Waals surface area contributed by atoms with Crippen molar-refractivity contribution in [2.75, 3.05) is 31.1 Å². The Kier molecular flexibility index (Phi) is 4.20. The molecule has 0 atom stereocenters. The highest BCUT2D eigenvalue weighted by atomic mass is 16.2. The summed E-state index contributed by atoms with van der Waals surface area (Å²) in [6.45, 7) is 7.11. The van der Waals surface area contributed by atoms with E-state index in [1.807, 2.05) is 43.0 Å². The van der Waals surface area contributed by atoms with Crippen molar-refractivity contribution < 1.29 is 9.59 Å². The molecule has 1 aliphatic heterocycles. The van der Waals surface area contributed by atoms with Crippen molar-refractivity contribution in [1.29, 1.82) is 0 Å². The van der Waals surface area contributed by atoms with Crippen molar-refractivity contribution >= 4 is 17.9 Å². The molecule has 1 fully saturated rings. The summed E-state index contributed by atoms with van der Waals surface area (Å²) in [5, 5.41) is 0. The van der Waals surface area contributed by atoms with Crippen molar-refractivity contribution in [2.45, 2.75) is 13.8 Å². The maximum atomic E-state index is 11.9. The highest BCUT2D eigenvalue weighted by Crippen LogP contribution is 2.17. The molecule has 1 heterocycles. The molecular formula is C15H20N2O2. The van der Waals surface area contributed by atoms with E-state index >= 15 is 0 Å². The zero-order chi connectivity index (χ0) is 13.8. The summed E-state index contributed by atoms with van der Waals surface area (Å²) in [5.74, 6) is 0.300. The first kappa shape index (κ1) is 13.6. The van der Waals surface area contributed by atoms with Gasteiger partial charge in [0.2, 0.25) is 5.91 Å². The second-order valence-corrected chi connectivity index (χ2v) is 5.18. The molecule has 0 saturated carbocycles. The average molecular weight is 260 g/mol. The number of piperazine rings is 1. The van der Waals surface area contributed by atoms with Gasteiger partial charge in [-0.25, -0.2) is 0 Å². The summed E-state index contributed by atoms with van der Waals surface area (Å²) < 4.78 is 0. The van der Waals surface area contributed by atoms with Crippen molar-refractivity contribution in [3.8, 4) is 0 Å². The van der Waals surface area contributed by atoms with Crippen LogP contribution in [0, 0.1) is 5.92 Å². The van der Waals surface area contributed by atoms with Crippen LogP contribution < -0.4 is 4.90 Å². The standard InChI is InChI=1S/C15H20N2O2/c1-12(2)15(19)17-9-7-16(8-10-17)14-5-3-13(11-18)4-6-14/h3-6,11-12H,7-10H2,1-2H3. The SMILES string of the molecule is CC(C)C(=O)N1CCN(c2ccc(C=O)cc2)CC1. The lowest BCUT2D eigenvalue weighted by Crippen LogP contribution is -2.49. The Morgan fingerprint density at radius 1 is 1.11 bits per heavy atom. The Hall–Kier alpha value is -1.84. The van der Waals surface area contributed by atoms with Crippen LogP contribution in [-0.4, -0.2) is 43.3 Å². The normalized spacial score (nSPS) is 15.7. The lowest BCUT2D eigenvalue weighted by Gasteiger charge is -2.36. The van der Waals surface area contributed by atoms with Crippen LogP contribution in [-0.2, 0) is 4.79 Å². The van der Waals surface area contributed by atoms with Crippen molar-refractivity contribution in [1.82, 2.24) is 4.90 Å². The number of hydrogen-bond donors (Lipinski definition) is 0. The van der Waals surface area contributed by atoms with Crippen LogP contribution in [0.25, 0.3) is 0 Å². The molecule has 1 aliphatic rings. The van der Waals surface area contributed by atoms with E-state index in [2.05, 4.69) is 4.90 Å². The number of nitrogens with zero attached hydrogens (tertiary/aromatic N) is 2. The Labute approximate surface area is 114 Å². The molecule has 4 nitrogen and oxygen atoms in total. The van der Waals surface area contributed by atoms with Crippen molar-refractivity contribution in [3.05, 3.63) is 29.8 Å². The fourth-order valence-corrected chi connectivity index (χ4v) is 2.31. The smallest absolute Gasteiger partial charge is 0.225 e. The van der Waals surface area contributed by atoms with E-state index in [1.165, 1.54) is 0 Å². The fraction of sp³-hybridized carbons (Fsp3) is 0.467. The lowest BCUT2D eigenvalue weighted by atomic mass is 10.1. The van der Waals surface area contributed by atoms with Crippen LogP contribution in [0.4, 0.5) is 5.69 Å². The molecule has 0 aliphatic carbocycles. The van der Waals surface area contributed by atoms with E-state index < -0.39 is 0 Å². The van der Waals surface area contributed by atoms with Crippen molar-refractivity contribution in [2.24, 2.45) is 5.92 Å². The first-order valence-electron chi connectivity index (χ1n) is 6.71. The summed E-state index contributed by atoms with van der Waals surface area (Å²) in [6, 6.07) is 7.58. The molecule has 2 rings (SSSR count). The molecule has 0 N–H and O–H groups in total. The molecule has 1 aromatic rings. The predicted molar refractivity (Wildman–Crippen MR) is 75.5 cm³/mol. The number of carbonyl (C=O) groups is 2. The molecular weight excluding hydrogens is 240 g/mol. The molecule has 102 valence electrons. The summed E-state index contributed by atoms with van der Waals surface area (Å²) in [5.41, 5.74) is 1.81. The molecule has 1 saturated heterocycles. The zero-order valence-electron chi connectivity index (χ0n) is 11.5. The number of amides is 1. The lowest BCUT2D eigenvalue weighted by molar-refractivity contribution is -0.134. The monoisotopic (exact) mass is 260 g/mol. The van der Waals surface area contributed by atoms with Gasteiger partial charge in [0.25, 0.3) is 0 Å². The Morgan fingerprint density at radius 3 is 2.16 bits per heavy atom. The summed E-state index contributed by atoms with van der Waals surface area (Å²) in [6.07, 6.45) is 0.850. The number of carbonyl (C=O) groups excluding carboxylic acids is 2. The van der Waals surface area contributed by atoms with Gasteiger partial charge in [-0.05, 0) is 24.3 Å². The van der Waals surface area contributed by atoms with Gasteiger partial charge in [-0.1, -0.05) is 13.8 Å². The summed E-state index contributed by atoms with van der Waals surface area (Å²) in [7, 11) is 0. The third-order valence-corrected chi connectivity index (χ3v) is 3.48. The number of hydrogen-bond acceptors (Lipinski definition) is 3. The molecule has 0 spiro atoms.